The van der Waals surface area contributed by atoms with E-state index in [0.29, 0.717) is 0 Å². The Morgan fingerprint density at radius 2 is 2.20 bits per heavy atom. The van der Waals surface area contributed by atoms with Crippen molar-refractivity contribution in [1.29, 1.82) is 0 Å². The normalized spacial score (nSPS) is 12.2. The summed E-state index contributed by atoms with van der Waals surface area (Å²) in [6.45, 7) is 0.688. The number of aliphatic hydroxyl groups excluding tert-OH is 1. The summed E-state index contributed by atoms with van der Waals surface area (Å²) in [6, 6.07) is -1.07. The van der Waals surface area contributed by atoms with Crippen LogP contribution >= 0.6 is 0 Å². The van der Waals surface area contributed by atoms with Gasteiger partial charge in [0.25, 0.3) is 5.91 Å². The van der Waals surface area contributed by atoms with Crippen molar-refractivity contribution in [3.63, 3.8) is 0 Å². The molecule has 3 N–H and O–H groups in total. The predicted molar refractivity (Wildman–Crippen MR) is 32.8 cm³/mol. The maximum Gasteiger partial charge on any atom is 0.263 e. The van der Waals surface area contributed by atoms with Crippen LogP contribution in [0.15, 0.2) is 0 Å². The average molecular weight is 145 g/mol. The molecule has 0 rings (SSSR count). The minimum Gasteiger partial charge on any atom is -0.394 e. The van der Waals surface area contributed by atoms with E-state index >= 15 is 0 Å². The predicted octanol–water partition coefficient (Wildman–Crippen LogP) is -1.71. The third kappa shape index (κ3) is 3.03. The molecular formula is C5H9N2O3. The summed E-state index contributed by atoms with van der Waals surface area (Å²) < 4.78 is 0. The molecule has 0 bridgehead atoms. The molecule has 0 unspecified atom stereocenters. The third-order valence-electron chi connectivity index (χ3n) is 0.877. The van der Waals surface area contributed by atoms with E-state index in [9.17, 15) is 9.59 Å². The summed E-state index contributed by atoms with van der Waals surface area (Å²) in [5, 5.41) is 10.5. The Labute approximate surface area is 58.2 Å². The van der Waals surface area contributed by atoms with Crippen LogP contribution in [0.1, 0.15) is 6.92 Å². The van der Waals surface area contributed by atoms with Crippen molar-refractivity contribution < 1.29 is 14.7 Å². The molecule has 1 atom stereocenters. The second-order valence-corrected chi connectivity index (χ2v) is 1.80. The van der Waals surface area contributed by atoms with E-state index in [1.54, 1.807) is 0 Å². The molecule has 0 spiro atoms. The second-order valence-electron chi connectivity index (χ2n) is 1.80. The molecule has 0 saturated heterocycles. The van der Waals surface area contributed by atoms with Gasteiger partial charge in [-0.25, -0.2) is 0 Å². The number of carbonyl (C=O) groups excluding carboxylic acids is 2. The summed E-state index contributed by atoms with van der Waals surface area (Å²) in [7, 11) is 0. The lowest BCUT2D eigenvalue weighted by molar-refractivity contribution is -0.127. The molecule has 5 nitrogen and oxygen atoms in total. The van der Waals surface area contributed by atoms with Crippen LogP contribution in [0.25, 0.3) is 0 Å². The number of hydrogen-bond donors (Lipinski definition) is 2. The van der Waals surface area contributed by atoms with Crippen molar-refractivity contribution in [3.05, 3.63) is 0 Å². The van der Waals surface area contributed by atoms with E-state index in [4.69, 9.17) is 10.8 Å². The Hall–Kier alpha value is -1.10. The van der Waals surface area contributed by atoms with Gasteiger partial charge in [0.05, 0.1) is 6.61 Å². The maximum atomic E-state index is 10.3. The molecule has 1 radical (unpaired) electrons. The first-order chi connectivity index (χ1) is 4.57. The van der Waals surface area contributed by atoms with Crippen LogP contribution < -0.4 is 11.1 Å². The molecule has 0 aliphatic rings. The Morgan fingerprint density at radius 1 is 1.70 bits per heavy atom. The Kier molecular flexibility index (Phi) is 3.42. The van der Waals surface area contributed by atoms with E-state index in [2.05, 4.69) is 5.32 Å². The van der Waals surface area contributed by atoms with E-state index in [1.165, 1.54) is 6.92 Å². The molecule has 10 heavy (non-hydrogen) atoms. The molecule has 0 saturated carbocycles. The molecule has 2 amide bonds. The van der Waals surface area contributed by atoms with Gasteiger partial charge in [0.2, 0.25) is 5.91 Å². The highest BCUT2D eigenvalue weighted by atomic mass is 16.3. The zero-order valence-corrected chi connectivity index (χ0v) is 5.55. The fraction of sp³-hybridized carbons (Fsp3) is 0.600. The summed E-state index contributed by atoms with van der Waals surface area (Å²) in [4.78, 5) is 20.5. The number of nitrogens with one attached hydrogen (secondary N) is 2. The topological polar surface area (TPSA) is 90.2 Å². The zero-order chi connectivity index (χ0) is 8.15. The van der Waals surface area contributed by atoms with Crippen molar-refractivity contribution in [2.24, 2.45) is 0 Å². The van der Waals surface area contributed by atoms with Gasteiger partial charge in [0.15, 0.2) is 0 Å². The average Bonchev–Trinajstić information content (AvgIpc) is 1.81. The van der Waals surface area contributed by atoms with Gasteiger partial charge in [0, 0.05) is 6.92 Å². The highest BCUT2D eigenvalue weighted by Crippen LogP contribution is 1.79. The first-order valence-electron chi connectivity index (χ1n) is 2.71. The molecule has 5 heteroatoms. The number of rotatable bonds is 3. The van der Waals surface area contributed by atoms with Gasteiger partial charge in [-0.05, 0) is 0 Å². The van der Waals surface area contributed by atoms with Gasteiger partial charge in [-0.3, -0.25) is 15.3 Å². The van der Waals surface area contributed by atoms with Gasteiger partial charge in [-0.1, -0.05) is 0 Å². The molecule has 0 aromatic rings. The van der Waals surface area contributed by atoms with Crippen LogP contribution in [0.3, 0.4) is 0 Å². The van der Waals surface area contributed by atoms with E-state index in [-0.39, 0.29) is 0 Å². The Bertz CT molecular complexity index is 146. The van der Waals surface area contributed by atoms with E-state index in [1.807, 2.05) is 0 Å². The molecule has 0 heterocycles. The van der Waals surface area contributed by atoms with Crippen molar-refractivity contribution in [3.8, 4) is 0 Å². The minimum atomic E-state index is -1.07. The smallest absolute Gasteiger partial charge is 0.263 e. The monoisotopic (exact) mass is 145 g/mol. The SMILES string of the molecule is CC(=O)N[C@@H](CO)C([NH])=O. The van der Waals surface area contributed by atoms with Crippen molar-refractivity contribution >= 4 is 11.8 Å². The van der Waals surface area contributed by atoms with Gasteiger partial charge < -0.3 is 10.4 Å². The summed E-state index contributed by atoms with van der Waals surface area (Å²) in [5.74, 6) is -1.42. The molecule has 0 aromatic carbocycles. The lowest BCUT2D eigenvalue weighted by Gasteiger charge is -2.08. The highest BCUT2D eigenvalue weighted by molar-refractivity contribution is 5.85. The van der Waals surface area contributed by atoms with Crippen LogP contribution in [0, 0.1) is 0 Å². The lowest BCUT2D eigenvalue weighted by atomic mass is 10.3. The van der Waals surface area contributed by atoms with Crippen LogP contribution in [0.4, 0.5) is 0 Å². The Balaban J connectivity index is 3.83. The first-order valence-corrected chi connectivity index (χ1v) is 2.71. The van der Waals surface area contributed by atoms with Crippen LogP contribution in [0.5, 0.6) is 0 Å². The molecule has 57 valence electrons. The highest BCUT2D eigenvalue weighted by Gasteiger charge is 2.14. The number of amides is 2. The largest absolute Gasteiger partial charge is 0.394 e. The summed E-state index contributed by atoms with van der Waals surface area (Å²) in [6.07, 6.45) is 0. The lowest BCUT2D eigenvalue weighted by Crippen LogP contribution is -2.42. The molecule has 0 aliphatic heterocycles. The van der Waals surface area contributed by atoms with Crippen LogP contribution in [-0.4, -0.2) is 29.6 Å². The number of hydrogen-bond acceptors (Lipinski definition) is 3. The fourth-order valence-corrected chi connectivity index (χ4v) is 0.439. The quantitative estimate of drug-likeness (QED) is 0.495. The van der Waals surface area contributed by atoms with Gasteiger partial charge in [-0.15, -0.1) is 0 Å². The minimum absolute atomic E-state index is 0.431. The Morgan fingerprint density at radius 3 is 2.30 bits per heavy atom. The van der Waals surface area contributed by atoms with Gasteiger partial charge >= 0.3 is 0 Å². The molecular weight excluding hydrogens is 136 g/mol. The van der Waals surface area contributed by atoms with E-state index < -0.39 is 24.5 Å². The van der Waals surface area contributed by atoms with Gasteiger partial charge in [0.1, 0.15) is 6.04 Å². The van der Waals surface area contributed by atoms with Crippen LogP contribution in [0.2, 0.25) is 0 Å². The fourth-order valence-electron chi connectivity index (χ4n) is 0.439. The van der Waals surface area contributed by atoms with E-state index in [0.717, 1.165) is 0 Å². The maximum absolute atomic E-state index is 10.3. The molecule has 0 aromatic heterocycles. The van der Waals surface area contributed by atoms with Crippen LogP contribution in [-0.2, 0) is 9.59 Å². The van der Waals surface area contributed by atoms with Crippen molar-refractivity contribution in [2.45, 2.75) is 13.0 Å². The van der Waals surface area contributed by atoms with Crippen molar-refractivity contribution in [2.75, 3.05) is 6.61 Å². The standard InChI is InChI=1S/C5H9N2O3/c1-3(9)7-4(2-8)5(6)10/h4,6,8H,2H2,1H3,(H,7,9)/t4-/m0/s1. The molecule has 0 fully saturated rings. The van der Waals surface area contributed by atoms with Gasteiger partial charge in [-0.2, -0.15) is 0 Å². The summed E-state index contributed by atoms with van der Waals surface area (Å²) >= 11 is 0. The van der Waals surface area contributed by atoms with Crippen molar-refractivity contribution in [1.82, 2.24) is 11.1 Å². The zero-order valence-electron chi connectivity index (χ0n) is 5.55. The number of carbonyl (C=O) groups is 2. The third-order valence-corrected chi connectivity index (χ3v) is 0.877. The first kappa shape index (κ1) is 8.90. The molecule has 0 aliphatic carbocycles. The summed E-state index contributed by atoms with van der Waals surface area (Å²) in [5.41, 5.74) is 6.51. The second kappa shape index (κ2) is 3.84. The number of aliphatic hydroxyl groups is 1.